The molecule has 1 aromatic rings. The summed E-state index contributed by atoms with van der Waals surface area (Å²) in [6, 6.07) is 3.99. The molecule has 0 fully saturated rings. The Kier molecular flexibility index (Phi) is 4.13. The molecule has 0 radical (unpaired) electrons. The van der Waals surface area contributed by atoms with Crippen molar-refractivity contribution in [1.29, 1.82) is 0 Å². The molecule has 1 atom stereocenters. The Hall–Kier alpha value is -0.580. The zero-order valence-corrected chi connectivity index (χ0v) is 10.5. The van der Waals surface area contributed by atoms with Crippen molar-refractivity contribution < 1.29 is 9.84 Å². The summed E-state index contributed by atoms with van der Waals surface area (Å²) in [7, 11) is 1.67. The van der Waals surface area contributed by atoms with Gasteiger partial charge in [0, 0.05) is 17.0 Å². The molecule has 3 nitrogen and oxygen atoms in total. The third-order valence-electron chi connectivity index (χ3n) is 2.60. The molecule has 4 heteroatoms. The van der Waals surface area contributed by atoms with E-state index in [0.29, 0.717) is 0 Å². The number of nitrogens with one attached hydrogen (secondary N) is 1. The molecule has 0 saturated carbocycles. The molecule has 0 spiro atoms. The first kappa shape index (κ1) is 12.5. The van der Waals surface area contributed by atoms with Crippen LogP contribution in [0.5, 0.6) is 5.06 Å². The smallest absolute Gasteiger partial charge is 0.173 e. The van der Waals surface area contributed by atoms with Crippen LogP contribution in [0.25, 0.3) is 0 Å². The maximum atomic E-state index is 9.53. The van der Waals surface area contributed by atoms with Gasteiger partial charge in [0.15, 0.2) is 5.06 Å². The topological polar surface area (TPSA) is 41.5 Å². The van der Waals surface area contributed by atoms with Crippen LogP contribution < -0.4 is 10.1 Å². The van der Waals surface area contributed by atoms with Gasteiger partial charge in [0.1, 0.15) is 0 Å². The first-order chi connectivity index (χ1) is 6.95. The Morgan fingerprint density at radius 1 is 1.53 bits per heavy atom. The minimum Gasteiger partial charge on any atom is -0.487 e. The molecule has 0 aliphatic heterocycles. The molecular weight excluding hydrogens is 210 g/mol. The van der Waals surface area contributed by atoms with Gasteiger partial charge in [-0.15, -0.1) is 11.3 Å². The van der Waals surface area contributed by atoms with E-state index >= 15 is 0 Å². The standard InChI is InChI=1S/C11H19NO2S/c1-8(13)11(2,3)12-7-9-5-6-10(14-4)15-9/h5-6,8,12-13H,7H2,1-4H3. The second kappa shape index (κ2) is 4.96. The van der Waals surface area contributed by atoms with E-state index in [4.69, 9.17) is 4.74 Å². The van der Waals surface area contributed by atoms with Gasteiger partial charge in [-0.3, -0.25) is 0 Å². The summed E-state index contributed by atoms with van der Waals surface area (Å²) in [6.07, 6.45) is -0.376. The Bertz CT molecular complexity index is 307. The van der Waals surface area contributed by atoms with Crippen LogP contribution in [0.2, 0.25) is 0 Å². The van der Waals surface area contributed by atoms with Gasteiger partial charge in [-0.1, -0.05) is 0 Å². The second-order valence-corrected chi connectivity index (χ2v) is 5.31. The summed E-state index contributed by atoms with van der Waals surface area (Å²) < 4.78 is 5.12. The van der Waals surface area contributed by atoms with E-state index in [9.17, 15) is 5.11 Å². The van der Waals surface area contributed by atoms with E-state index < -0.39 is 0 Å². The number of methoxy groups -OCH3 is 1. The van der Waals surface area contributed by atoms with Gasteiger partial charge in [-0.25, -0.2) is 0 Å². The largest absolute Gasteiger partial charge is 0.487 e. The van der Waals surface area contributed by atoms with E-state index in [2.05, 4.69) is 5.32 Å². The molecule has 0 saturated heterocycles. The third kappa shape index (κ3) is 3.48. The first-order valence-electron chi connectivity index (χ1n) is 5.01. The SMILES string of the molecule is COc1ccc(CNC(C)(C)C(C)O)s1. The van der Waals surface area contributed by atoms with Crippen molar-refractivity contribution in [3.63, 3.8) is 0 Å². The average molecular weight is 229 g/mol. The molecular formula is C11H19NO2S. The van der Waals surface area contributed by atoms with E-state index in [-0.39, 0.29) is 11.6 Å². The van der Waals surface area contributed by atoms with Crippen molar-refractivity contribution in [3.05, 3.63) is 17.0 Å². The summed E-state index contributed by atoms with van der Waals surface area (Å²) in [5.41, 5.74) is -0.267. The van der Waals surface area contributed by atoms with Crippen LogP contribution in [0.15, 0.2) is 12.1 Å². The lowest BCUT2D eigenvalue weighted by molar-refractivity contribution is 0.0958. The molecule has 0 aliphatic rings. The van der Waals surface area contributed by atoms with Gasteiger partial charge in [-0.2, -0.15) is 0 Å². The average Bonchev–Trinajstić information content (AvgIpc) is 2.62. The summed E-state index contributed by atoms with van der Waals surface area (Å²) >= 11 is 1.62. The molecule has 2 N–H and O–H groups in total. The van der Waals surface area contributed by atoms with Crippen LogP contribution in [0.4, 0.5) is 0 Å². The van der Waals surface area contributed by atoms with Gasteiger partial charge >= 0.3 is 0 Å². The second-order valence-electron chi connectivity index (χ2n) is 4.18. The van der Waals surface area contributed by atoms with Gasteiger partial charge in [0.2, 0.25) is 0 Å². The van der Waals surface area contributed by atoms with Crippen molar-refractivity contribution in [2.75, 3.05) is 7.11 Å². The lowest BCUT2D eigenvalue weighted by Crippen LogP contribution is -2.47. The summed E-state index contributed by atoms with van der Waals surface area (Å²) in [4.78, 5) is 1.21. The molecule has 0 aliphatic carbocycles. The van der Waals surface area contributed by atoms with E-state index in [0.717, 1.165) is 11.6 Å². The number of aliphatic hydroxyl groups is 1. The Morgan fingerprint density at radius 3 is 2.67 bits per heavy atom. The fourth-order valence-electron chi connectivity index (χ4n) is 1.03. The van der Waals surface area contributed by atoms with Gasteiger partial charge < -0.3 is 15.2 Å². The van der Waals surface area contributed by atoms with Gasteiger partial charge in [-0.05, 0) is 32.9 Å². The molecule has 1 rings (SSSR count). The minimum absolute atomic E-state index is 0.267. The summed E-state index contributed by atoms with van der Waals surface area (Å²) in [5.74, 6) is 0. The summed E-state index contributed by atoms with van der Waals surface area (Å²) in [5, 5.41) is 13.8. The lowest BCUT2D eigenvalue weighted by Gasteiger charge is -2.29. The predicted octanol–water partition coefficient (Wildman–Crippen LogP) is 2.01. The maximum absolute atomic E-state index is 9.53. The van der Waals surface area contributed by atoms with E-state index in [1.807, 2.05) is 26.0 Å². The van der Waals surface area contributed by atoms with Gasteiger partial charge in [0.05, 0.1) is 13.2 Å². The Balaban J connectivity index is 2.50. The monoisotopic (exact) mass is 229 g/mol. The van der Waals surface area contributed by atoms with Crippen LogP contribution in [0.3, 0.4) is 0 Å². The third-order valence-corrected chi connectivity index (χ3v) is 3.65. The quantitative estimate of drug-likeness (QED) is 0.811. The highest BCUT2D eigenvalue weighted by atomic mass is 32.1. The van der Waals surface area contributed by atoms with E-state index in [1.165, 1.54) is 4.88 Å². The Morgan fingerprint density at radius 2 is 2.20 bits per heavy atom. The van der Waals surface area contributed by atoms with Crippen LogP contribution >= 0.6 is 11.3 Å². The number of hydrogen-bond donors (Lipinski definition) is 2. The van der Waals surface area contributed by atoms with Crippen molar-refractivity contribution in [2.24, 2.45) is 0 Å². The predicted molar refractivity (Wildman–Crippen MR) is 63.5 cm³/mol. The molecule has 1 heterocycles. The first-order valence-corrected chi connectivity index (χ1v) is 5.83. The molecule has 1 aromatic heterocycles. The summed E-state index contributed by atoms with van der Waals surface area (Å²) in [6.45, 7) is 6.53. The van der Waals surface area contributed by atoms with Crippen LogP contribution in [-0.2, 0) is 6.54 Å². The fourth-order valence-corrected chi connectivity index (χ4v) is 1.78. The highest BCUT2D eigenvalue weighted by Crippen LogP contribution is 2.24. The maximum Gasteiger partial charge on any atom is 0.173 e. The van der Waals surface area contributed by atoms with Crippen LogP contribution in [0.1, 0.15) is 25.6 Å². The number of rotatable bonds is 5. The van der Waals surface area contributed by atoms with Crippen molar-refractivity contribution in [2.45, 2.75) is 39.0 Å². The molecule has 15 heavy (non-hydrogen) atoms. The molecule has 0 amide bonds. The van der Waals surface area contributed by atoms with Crippen molar-refractivity contribution in [1.82, 2.24) is 5.32 Å². The lowest BCUT2D eigenvalue weighted by atomic mass is 9.99. The van der Waals surface area contributed by atoms with Crippen LogP contribution in [-0.4, -0.2) is 23.9 Å². The minimum atomic E-state index is -0.376. The van der Waals surface area contributed by atoms with E-state index in [1.54, 1.807) is 25.4 Å². The number of thiophene rings is 1. The molecule has 1 unspecified atom stereocenters. The molecule has 0 bridgehead atoms. The van der Waals surface area contributed by atoms with Crippen LogP contribution in [0, 0.1) is 0 Å². The number of hydrogen-bond acceptors (Lipinski definition) is 4. The number of aliphatic hydroxyl groups excluding tert-OH is 1. The zero-order chi connectivity index (χ0) is 11.5. The van der Waals surface area contributed by atoms with Gasteiger partial charge in [0.25, 0.3) is 0 Å². The van der Waals surface area contributed by atoms with Crippen molar-refractivity contribution >= 4 is 11.3 Å². The highest BCUT2D eigenvalue weighted by Gasteiger charge is 2.23. The highest BCUT2D eigenvalue weighted by molar-refractivity contribution is 7.13. The fraction of sp³-hybridized carbons (Fsp3) is 0.636. The zero-order valence-electron chi connectivity index (χ0n) is 9.70. The normalized spacial score (nSPS) is 13.9. The Labute approximate surface area is 95.1 Å². The molecule has 0 aromatic carbocycles. The number of ether oxygens (including phenoxy) is 1. The van der Waals surface area contributed by atoms with Crippen molar-refractivity contribution in [3.8, 4) is 5.06 Å². The molecule has 86 valence electrons.